The first-order valence-electron chi connectivity index (χ1n) is 19.1. The monoisotopic (exact) mass is 745 g/mol. The van der Waals surface area contributed by atoms with Crippen molar-refractivity contribution >= 4 is 75.1 Å². The molecule has 266 valence electrons. The second-order valence-electron chi connectivity index (χ2n) is 14.5. The van der Waals surface area contributed by atoms with Gasteiger partial charge in [0.2, 0.25) is 11.9 Å². The van der Waals surface area contributed by atoms with E-state index in [-0.39, 0.29) is 0 Å². The van der Waals surface area contributed by atoms with Gasteiger partial charge in [0.05, 0.1) is 22.1 Å². The lowest BCUT2D eigenvalue weighted by atomic mass is 10.0. The van der Waals surface area contributed by atoms with Gasteiger partial charge >= 0.3 is 0 Å². The molecule has 0 N–H and O–H groups in total. The Balaban J connectivity index is 1.09. The highest BCUT2D eigenvalue weighted by Crippen LogP contribution is 2.38. The first kappa shape index (κ1) is 31.9. The van der Waals surface area contributed by atoms with Crippen LogP contribution in [0.1, 0.15) is 0 Å². The number of benzene rings is 8. The number of hydrogen-bond donors (Lipinski definition) is 0. The predicted molar refractivity (Wildman–Crippen MR) is 238 cm³/mol. The second-order valence-corrected chi connectivity index (χ2v) is 15.5. The van der Waals surface area contributed by atoms with Crippen molar-refractivity contribution in [1.82, 2.24) is 24.1 Å². The highest BCUT2D eigenvalue weighted by atomic mass is 32.1. The van der Waals surface area contributed by atoms with Gasteiger partial charge in [-0.25, -0.2) is 0 Å². The van der Waals surface area contributed by atoms with E-state index in [4.69, 9.17) is 15.0 Å². The summed E-state index contributed by atoms with van der Waals surface area (Å²) in [7, 11) is 0. The minimum Gasteiger partial charge on any atom is -0.278 e. The van der Waals surface area contributed by atoms with Gasteiger partial charge in [0, 0.05) is 47.3 Å². The maximum Gasteiger partial charge on any atom is 0.240 e. The van der Waals surface area contributed by atoms with Crippen molar-refractivity contribution in [2.24, 2.45) is 0 Å². The summed E-state index contributed by atoms with van der Waals surface area (Å²) >= 11 is 1.84. The number of para-hydroxylation sites is 3. The van der Waals surface area contributed by atoms with Crippen LogP contribution in [0.3, 0.4) is 0 Å². The van der Waals surface area contributed by atoms with E-state index in [1.807, 2.05) is 11.3 Å². The maximum absolute atomic E-state index is 5.37. The zero-order valence-corrected chi connectivity index (χ0v) is 31.4. The van der Waals surface area contributed by atoms with Gasteiger partial charge in [0.25, 0.3) is 0 Å². The molecule has 0 aliphatic heterocycles. The molecule has 0 fully saturated rings. The molecule has 0 radical (unpaired) electrons. The van der Waals surface area contributed by atoms with Gasteiger partial charge in [0.15, 0.2) is 5.82 Å². The Morgan fingerprint density at radius 3 is 1.42 bits per heavy atom. The van der Waals surface area contributed by atoms with Crippen LogP contribution >= 0.6 is 11.3 Å². The van der Waals surface area contributed by atoms with Crippen LogP contribution in [-0.4, -0.2) is 24.1 Å². The van der Waals surface area contributed by atoms with Crippen molar-refractivity contribution in [3.05, 3.63) is 188 Å². The standard InChI is InChI=1S/C51H31N5S/c1-2-12-32(13-3-1)36-26-28-40-39-16-6-10-20-45(39)56(46(40)31-36)51-53-49(52-50(54-51)55-43-18-8-4-14-37(43)38-15-5-9-19-44(38)55)34-24-22-33(23-25-34)35-27-29-48-42(30-35)41-17-7-11-21-47(41)57-48/h1-31H. The van der Waals surface area contributed by atoms with E-state index in [0.29, 0.717) is 17.7 Å². The molecule has 0 bridgehead atoms. The smallest absolute Gasteiger partial charge is 0.240 e. The van der Waals surface area contributed by atoms with Gasteiger partial charge in [-0.05, 0) is 64.7 Å². The first-order valence-corrected chi connectivity index (χ1v) is 19.9. The Morgan fingerprint density at radius 2 is 0.754 bits per heavy atom. The van der Waals surface area contributed by atoms with Crippen LogP contribution in [0.5, 0.6) is 0 Å². The molecular weight excluding hydrogens is 715 g/mol. The Bertz CT molecular complexity index is 3470. The fourth-order valence-electron chi connectivity index (χ4n) is 8.53. The lowest BCUT2D eigenvalue weighted by molar-refractivity contribution is 0.893. The number of hydrogen-bond acceptors (Lipinski definition) is 4. The average molecular weight is 746 g/mol. The number of rotatable bonds is 5. The molecule has 4 aromatic heterocycles. The highest BCUT2D eigenvalue weighted by Gasteiger charge is 2.21. The van der Waals surface area contributed by atoms with Gasteiger partial charge in [-0.3, -0.25) is 9.13 Å². The largest absolute Gasteiger partial charge is 0.278 e. The quantitative estimate of drug-likeness (QED) is 0.176. The summed E-state index contributed by atoms with van der Waals surface area (Å²) in [6, 6.07) is 66.8. The number of fused-ring (bicyclic) bond motifs is 9. The zero-order chi connectivity index (χ0) is 37.5. The predicted octanol–water partition coefficient (Wildman–Crippen LogP) is 13.4. The first-order chi connectivity index (χ1) is 28.2. The molecule has 0 amide bonds. The van der Waals surface area contributed by atoms with E-state index in [2.05, 4.69) is 197 Å². The molecule has 4 heterocycles. The molecule has 12 aromatic rings. The van der Waals surface area contributed by atoms with Crippen LogP contribution < -0.4 is 0 Å². The molecule has 0 unspecified atom stereocenters. The molecule has 0 spiro atoms. The number of thiophene rings is 1. The summed E-state index contributed by atoms with van der Waals surface area (Å²) in [5.41, 5.74) is 9.69. The van der Waals surface area contributed by atoms with Crippen LogP contribution in [-0.2, 0) is 0 Å². The average Bonchev–Trinajstić information content (AvgIpc) is 3.94. The third-order valence-electron chi connectivity index (χ3n) is 11.2. The Labute approximate surface area is 331 Å². The van der Waals surface area contributed by atoms with Crippen molar-refractivity contribution < 1.29 is 0 Å². The molecule has 57 heavy (non-hydrogen) atoms. The molecule has 0 saturated heterocycles. The van der Waals surface area contributed by atoms with Crippen LogP contribution in [0.2, 0.25) is 0 Å². The normalized spacial score (nSPS) is 11.9. The molecular formula is C51H31N5S. The molecule has 0 saturated carbocycles. The van der Waals surface area contributed by atoms with E-state index in [9.17, 15) is 0 Å². The van der Waals surface area contributed by atoms with E-state index in [0.717, 1.165) is 65.9 Å². The molecule has 6 heteroatoms. The van der Waals surface area contributed by atoms with Crippen molar-refractivity contribution in [1.29, 1.82) is 0 Å². The van der Waals surface area contributed by atoms with Crippen LogP contribution in [0.25, 0.3) is 109 Å². The summed E-state index contributed by atoms with van der Waals surface area (Å²) in [4.78, 5) is 16.0. The summed E-state index contributed by atoms with van der Waals surface area (Å²) in [6.45, 7) is 0. The molecule has 8 aromatic carbocycles. The lowest BCUT2D eigenvalue weighted by Gasteiger charge is -2.13. The van der Waals surface area contributed by atoms with Gasteiger partial charge in [-0.15, -0.1) is 11.3 Å². The Morgan fingerprint density at radius 1 is 0.298 bits per heavy atom. The van der Waals surface area contributed by atoms with Crippen LogP contribution in [0, 0.1) is 0 Å². The van der Waals surface area contributed by atoms with E-state index in [1.165, 1.54) is 25.7 Å². The van der Waals surface area contributed by atoms with Gasteiger partial charge in [-0.1, -0.05) is 146 Å². The van der Waals surface area contributed by atoms with E-state index < -0.39 is 0 Å². The molecule has 12 rings (SSSR count). The lowest BCUT2D eigenvalue weighted by Crippen LogP contribution is -2.10. The van der Waals surface area contributed by atoms with Crippen molar-refractivity contribution in [2.45, 2.75) is 0 Å². The summed E-state index contributed by atoms with van der Waals surface area (Å²) in [5.74, 6) is 1.73. The fraction of sp³-hybridized carbons (Fsp3) is 0. The summed E-state index contributed by atoms with van der Waals surface area (Å²) in [5, 5.41) is 7.18. The van der Waals surface area contributed by atoms with E-state index in [1.54, 1.807) is 0 Å². The Hall–Kier alpha value is -7.41. The van der Waals surface area contributed by atoms with Crippen molar-refractivity contribution in [3.63, 3.8) is 0 Å². The topological polar surface area (TPSA) is 48.5 Å². The van der Waals surface area contributed by atoms with Gasteiger partial charge in [-0.2, -0.15) is 15.0 Å². The van der Waals surface area contributed by atoms with Crippen LogP contribution in [0.15, 0.2) is 188 Å². The molecule has 0 aliphatic rings. The molecule has 5 nitrogen and oxygen atoms in total. The fourth-order valence-corrected chi connectivity index (χ4v) is 9.62. The second kappa shape index (κ2) is 12.6. The highest BCUT2D eigenvalue weighted by molar-refractivity contribution is 7.25. The third-order valence-corrected chi connectivity index (χ3v) is 12.4. The number of aromatic nitrogens is 5. The number of nitrogens with zero attached hydrogens (tertiary/aromatic N) is 5. The zero-order valence-electron chi connectivity index (χ0n) is 30.5. The van der Waals surface area contributed by atoms with Gasteiger partial charge in [0.1, 0.15) is 0 Å². The van der Waals surface area contributed by atoms with Crippen molar-refractivity contribution in [3.8, 4) is 45.5 Å². The molecule has 0 aliphatic carbocycles. The van der Waals surface area contributed by atoms with Gasteiger partial charge < -0.3 is 0 Å². The third kappa shape index (κ3) is 5.04. The SMILES string of the molecule is c1ccc(-c2ccc3c4ccccc4n(-c4nc(-c5ccc(-c6ccc7sc8ccccc8c7c6)cc5)nc(-n5c6ccccc6c6ccccc65)n4)c3c2)cc1. The van der Waals surface area contributed by atoms with E-state index >= 15 is 0 Å². The summed E-state index contributed by atoms with van der Waals surface area (Å²) in [6.07, 6.45) is 0. The molecule has 0 atom stereocenters. The minimum atomic E-state index is 0.562. The van der Waals surface area contributed by atoms with Crippen molar-refractivity contribution in [2.75, 3.05) is 0 Å². The summed E-state index contributed by atoms with van der Waals surface area (Å²) < 4.78 is 6.99. The van der Waals surface area contributed by atoms with Crippen LogP contribution in [0.4, 0.5) is 0 Å². The maximum atomic E-state index is 5.37. The Kier molecular flexibility index (Phi) is 7.03. The minimum absolute atomic E-state index is 0.562.